The summed E-state index contributed by atoms with van der Waals surface area (Å²) in [6.45, 7) is 4.84. The van der Waals surface area contributed by atoms with Crippen molar-refractivity contribution >= 4 is 11.8 Å². The lowest BCUT2D eigenvalue weighted by atomic mass is 9.89. The molecule has 162 valence electrons. The van der Waals surface area contributed by atoms with Crippen molar-refractivity contribution in [1.82, 2.24) is 4.57 Å². The zero-order chi connectivity index (χ0) is 22.2. The summed E-state index contributed by atoms with van der Waals surface area (Å²) < 4.78 is 12.6. The highest BCUT2D eigenvalue weighted by Crippen LogP contribution is 2.28. The third kappa shape index (κ3) is 5.70. The first-order valence-electron chi connectivity index (χ1n) is 10.5. The van der Waals surface area contributed by atoms with Crippen LogP contribution in [0, 0.1) is 13.8 Å². The molecule has 0 aliphatic carbocycles. The van der Waals surface area contributed by atoms with Crippen LogP contribution in [-0.2, 0) is 20.8 Å². The number of aryl methyl sites for hydroxylation is 1. The molecule has 0 atom stereocenters. The number of aromatic nitrogens is 1. The molecule has 2 aromatic carbocycles. The molecule has 0 amide bonds. The minimum atomic E-state index is -0.390. The topological polar surface area (TPSA) is 57.5 Å². The van der Waals surface area contributed by atoms with Crippen LogP contribution in [0.2, 0.25) is 0 Å². The van der Waals surface area contributed by atoms with Gasteiger partial charge in [-0.3, -0.25) is 9.59 Å². The third-order valence-electron chi connectivity index (χ3n) is 5.53. The first-order valence-corrected chi connectivity index (χ1v) is 10.5. The molecular formula is C26H29NO4. The van der Waals surface area contributed by atoms with Crippen LogP contribution in [0.5, 0.6) is 0 Å². The minimum absolute atomic E-state index is 0.121. The molecule has 3 rings (SSSR count). The number of carbonyl (C=O) groups excluding carboxylic acids is 2. The fraction of sp³-hybridized carbons (Fsp3) is 0.308. The highest BCUT2D eigenvalue weighted by atomic mass is 16.5. The van der Waals surface area contributed by atoms with Crippen LogP contribution in [0.1, 0.15) is 45.2 Å². The summed E-state index contributed by atoms with van der Waals surface area (Å²) in [5, 5.41) is 0. The molecule has 0 unspecified atom stereocenters. The second kappa shape index (κ2) is 10.7. The highest BCUT2D eigenvalue weighted by Gasteiger charge is 2.21. The Morgan fingerprint density at radius 2 is 1.52 bits per heavy atom. The minimum Gasteiger partial charge on any atom is -0.457 e. The quantitative estimate of drug-likeness (QED) is 0.353. The third-order valence-corrected chi connectivity index (χ3v) is 5.53. The molecule has 0 fully saturated rings. The molecule has 0 saturated heterocycles. The fourth-order valence-electron chi connectivity index (χ4n) is 3.86. The Labute approximate surface area is 183 Å². The zero-order valence-corrected chi connectivity index (χ0v) is 18.3. The number of hydrogen-bond donors (Lipinski definition) is 0. The van der Waals surface area contributed by atoms with E-state index in [0.29, 0.717) is 18.7 Å². The maximum absolute atomic E-state index is 12.7. The standard InChI is InChI=1S/C26H29NO4/c1-19-16-23(20(2)27(19)14-15-30-3)25(28)18-31-26(29)17-24(21-10-6-4-7-11-21)22-12-8-5-9-13-22/h4-13,16,24H,14-15,17-18H2,1-3H3. The molecular weight excluding hydrogens is 390 g/mol. The van der Waals surface area contributed by atoms with E-state index in [1.54, 1.807) is 7.11 Å². The maximum Gasteiger partial charge on any atom is 0.307 e. The van der Waals surface area contributed by atoms with Gasteiger partial charge in [-0.15, -0.1) is 0 Å². The number of ketones is 1. The van der Waals surface area contributed by atoms with Crippen LogP contribution in [0.3, 0.4) is 0 Å². The van der Waals surface area contributed by atoms with Gasteiger partial charge in [0.2, 0.25) is 5.78 Å². The van der Waals surface area contributed by atoms with Crippen LogP contribution in [-0.4, -0.2) is 36.6 Å². The van der Waals surface area contributed by atoms with E-state index in [2.05, 4.69) is 0 Å². The van der Waals surface area contributed by atoms with Gasteiger partial charge in [-0.1, -0.05) is 60.7 Å². The second-order valence-electron chi connectivity index (χ2n) is 7.59. The van der Waals surface area contributed by atoms with E-state index in [9.17, 15) is 9.59 Å². The Morgan fingerprint density at radius 3 is 2.06 bits per heavy atom. The van der Waals surface area contributed by atoms with Crippen LogP contribution < -0.4 is 0 Å². The van der Waals surface area contributed by atoms with E-state index < -0.39 is 0 Å². The van der Waals surface area contributed by atoms with Gasteiger partial charge in [-0.2, -0.15) is 0 Å². The van der Waals surface area contributed by atoms with Crippen LogP contribution in [0.25, 0.3) is 0 Å². The summed E-state index contributed by atoms with van der Waals surface area (Å²) in [5.41, 5.74) is 4.51. The van der Waals surface area contributed by atoms with Crippen molar-refractivity contribution in [2.45, 2.75) is 32.7 Å². The monoisotopic (exact) mass is 419 g/mol. The average molecular weight is 420 g/mol. The summed E-state index contributed by atoms with van der Waals surface area (Å²) in [4.78, 5) is 25.4. The molecule has 0 saturated carbocycles. The van der Waals surface area contributed by atoms with Gasteiger partial charge in [0.1, 0.15) is 0 Å². The molecule has 3 aromatic rings. The van der Waals surface area contributed by atoms with Gasteiger partial charge in [0.05, 0.1) is 13.0 Å². The van der Waals surface area contributed by atoms with Crippen LogP contribution >= 0.6 is 0 Å². The molecule has 0 bridgehead atoms. The van der Waals surface area contributed by atoms with Gasteiger partial charge in [0, 0.05) is 36.5 Å². The molecule has 0 aliphatic rings. The van der Waals surface area contributed by atoms with Crippen LogP contribution in [0.15, 0.2) is 66.7 Å². The molecule has 5 heteroatoms. The predicted molar refractivity (Wildman–Crippen MR) is 120 cm³/mol. The van der Waals surface area contributed by atoms with E-state index in [1.165, 1.54) is 0 Å². The summed E-state index contributed by atoms with van der Waals surface area (Å²) in [5.74, 6) is -0.704. The lowest BCUT2D eigenvalue weighted by Crippen LogP contribution is -2.17. The first-order chi connectivity index (χ1) is 15.0. The number of esters is 1. The van der Waals surface area contributed by atoms with Crippen molar-refractivity contribution in [2.24, 2.45) is 0 Å². The molecule has 0 N–H and O–H groups in total. The molecule has 31 heavy (non-hydrogen) atoms. The number of carbonyl (C=O) groups is 2. The number of nitrogens with zero attached hydrogens (tertiary/aromatic N) is 1. The predicted octanol–water partition coefficient (Wildman–Crippen LogP) is 4.70. The fourth-order valence-corrected chi connectivity index (χ4v) is 3.86. The Hall–Kier alpha value is -3.18. The SMILES string of the molecule is COCCn1c(C)cc(C(=O)COC(=O)CC(c2ccccc2)c2ccccc2)c1C. The molecule has 0 aliphatic heterocycles. The maximum atomic E-state index is 12.7. The zero-order valence-electron chi connectivity index (χ0n) is 18.3. The lowest BCUT2D eigenvalue weighted by molar-refractivity contribution is -0.142. The number of benzene rings is 2. The van der Waals surface area contributed by atoms with Gasteiger partial charge in [0.25, 0.3) is 0 Å². The molecule has 1 aromatic heterocycles. The highest BCUT2D eigenvalue weighted by molar-refractivity contribution is 5.99. The molecule has 5 nitrogen and oxygen atoms in total. The Balaban J connectivity index is 1.66. The Kier molecular flexibility index (Phi) is 7.79. The van der Waals surface area contributed by atoms with Gasteiger partial charge >= 0.3 is 5.97 Å². The van der Waals surface area contributed by atoms with E-state index in [1.807, 2.05) is 85.1 Å². The number of ether oxygens (including phenoxy) is 2. The van der Waals surface area contributed by atoms with Crippen molar-refractivity contribution in [3.8, 4) is 0 Å². The van der Waals surface area contributed by atoms with Crippen molar-refractivity contribution < 1.29 is 19.1 Å². The van der Waals surface area contributed by atoms with Gasteiger partial charge < -0.3 is 14.0 Å². The van der Waals surface area contributed by atoms with E-state index >= 15 is 0 Å². The number of rotatable bonds is 10. The first kappa shape index (κ1) is 22.5. The van der Waals surface area contributed by atoms with Crippen molar-refractivity contribution in [1.29, 1.82) is 0 Å². The Bertz CT molecular complexity index is 969. The normalized spacial score (nSPS) is 11.0. The second-order valence-corrected chi connectivity index (χ2v) is 7.59. The van der Waals surface area contributed by atoms with Crippen LogP contribution in [0.4, 0.5) is 0 Å². The van der Waals surface area contributed by atoms with Crippen molar-refractivity contribution in [3.05, 3.63) is 94.8 Å². The molecule has 1 heterocycles. The molecule has 0 radical (unpaired) electrons. The number of methoxy groups -OCH3 is 1. The number of hydrogen-bond acceptors (Lipinski definition) is 4. The summed E-state index contributed by atoms with van der Waals surface area (Å²) in [6.07, 6.45) is 0.175. The lowest BCUT2D eigenvalue weighted by Gasteiger charge is -2.17. The van der Waals surface area contributed by atoms with Gasteiger partial charge in [0.15, 0.2) is 6.61 Å². The van der Waals surface area contributed by atoms with Crippen molar-refractivity contribution in [2.75, 3.05) is 20.3 Å². The molecule has 0 spiro atoms. The summed E-state index contributed by atoms with van der Waals surface area (Å²) >= 11 is 0. The van der Waals surface area contributed by atoms with Gasteiger partial charge in [-0.05, 0) is 31.0 Å². The van der Waals surface area contributed by atoms with Gasteiger partial charge in [-0.25, -0.2) is 0 Å². The largest absolute Gasteiger partial charge is 0.457 e. The average Bonchev–Trinajstić information content (AvgIpc) is 3.08. The Morgan fingerprint density at radius 1 is 0.935 bits per heavy atom. The van der Waals surface area contributed by atoms with E-state index in [-0.39, 0.29) is 30.7 Å². The summed E-state index contributed by atoms with van der Waals surface area (Å²) in [7, 11) is 1.65. The summed E-state index contributed by atoms with van der Waals surface area (Å²) in [6, 6.07) is 21.6. The van der Waals surface area contributed by atoms with E-state index in [0.717, 1.165) is 22.5 Å². The van der Waals surface area contributed by atoms with Crippen molar-refractivity contribution in [3.63, 3.8) is 0 Å². The number of Topliss-reactive ketones (excluding diaryl/α,β-unsaturated/α-hetero) is 1. The van der Waals surface area contributed by atoms with E-state index in [4.69, 9.17) is 9.47 Å². The smallest absolute Gasteiger partial charge is 0.307 e.